The molecule has 0 bridgehead atoms. The summed E-state index contributed by atoms with van der Waals surface area (Å²) in [5, 5.41) is 0. The first kappa shape index (κ1) is 11.7. The average molecular weight is 277 g/mol. The minimum Gasteiger partial charge on any atom is -0.224 e. The number of alkyl halides is 1. The Bertz CT molecular complexity index is 435. The molecule has 1 aromatic carbocycles. The quantitative estimate of drug-likeness (QED) is 0.779. The van der Waals surface area contributed by atoms with E-state index in [4.69, 9.17) is 0 Å². The fraction of sp³-hybridized carbons (Fsp3) is 0.400. The van der Waals surface area contributed by atoms with Crippen molar-refractivity contribution in [3.8, 4) is 0 Å². The summed E-state index contributed by atoms with van der Waals surface area (Å²) in [4.78, 5) is 0.628. The second-order valence-electron chi connectivity index (χ2n) is 3.41. The molecule has 0 saturated carbocycles. The number of rotatable bonds is 2. The highest BCUT2D eigenvalue weighted by Gasteiger charge is 2.10. The van der Waals surface area contributed by atoms with Crippen molar-refractivity contribution in [2.24, 2.45) is 0 Å². The van der Waals surface area contributed by atoms with Gasteiger partial charge in [0.05, 0.1) is 4.90 Å². The van der Waals surface area contributed by atoms with E-state index in [-0.39, 0.29) is 4.83 Å². The largest absolute Gasteiger partial charge is 0.224 e. The lowest BCUT2D eigenvalue weighted by molar-refractivity contribution is 0.601. The topological polar surface area (TPSA) is 34.1 Å². The molecule has 1 rings (SSSR count). The molecule has 0 heterocycles. The Morgan fingerprint density at radius 2 is 1.93 bits per heavy atom. The molecule has 0 amide bonds. The molecule has 0 N–H and O–H groups in total. The zero-order valence-electron chi connectivity index (χ0n) is 8.41. The molecule has 0 aliphatic rings. The van der Waals surface area contributed by atoms with Crippen LogP contribution in [-0.4, -0.2) is 14.7 Å². The van der Waals surface area contributed by atoms with Crippen molar-refractivity contribution in [2.45, 2.75) is 23.6 Å². The van der Waals surface area contributed by atoms with Crippen LogP contribution in [0, 0.1) is 6.92 Å². The van der Waals surface area contributed by atoms with Crippen LogP contribution in [-0.2, 0) is 9.84 Å². The summed E-state index contributed by atoms with van der Waals surface area (Å²) >= 11 is 3.46. The minimum atomic E-state index is -3.08. The number of aryl methyl sites for hydroxylation is 1. The van der Waals surface area contributed by atoms with Gasteiger partial charge in [0.2, 0.25) is 0 Å². The van der Waals surface area contributed by atoms with Crippen LogP contribution in [0.1, 0.15) is 22.9 Å². The van der Waals surface area contributed by atoms with Crippen molar-refractivity contribution >= 4 is 25.8 Å². The van der Waals surface area contributed by atoms with Crippen LogP contribution in [0.4, 0.5) is 0 Å². The molecular formula is C10H13BrO2S. The van der Waals surface area contributed by atoms with Gasteiger partial charge >= 0.3 is 0 Å². The molecule has 0 saturated heterocycles. The van der Waals surface area contributed by atoms with E-state index in [1.54, 1.807) is 12.1 Å². The molecule has 4 heteroatoms. The van der Waals surface area contributed by atoms with E-state index in [0.717, 1.165) is 11.1 Å². The molecule has 78 valence electrons. The summed E-state index contributed by atoms with van der Waals surface area (Å²) in [7, 11) is -3.08. The second-order valence-corrected chi connectivity index (χ2v) is 6.80. The molecule has 0 aliphatic carbocycles. The first-order valence-electron chi connectivity index (χ1n) is 4.27. The molecule has 14 heavy (non-hydrogen) atoms. The summed E-state index contributed by atoms with van der Waals surface area (Å²) in [5.41, 5.74) is 2.12. The van der Waals surface area contributed by atoms with Crippen molar-refractivity contribution < 1.29 is 8.42 Å². The monoisotopic (exact) mass is 276 g/mol. The van der Waals surface area contributed by atoms with Crippen molar-refractivity contribution in [3.63, 3.8) is 0 Å². The van der Waals surface area contributed by atoms with Gasteiger partial charge < -0.3 is 0 Å². The number of hydrogen-bond acceptors (Lipinski definition) is 2. The lowest BCUT2D eigenvalue weighted by Crippen LogP contribution is -1.99. The van der Waals surface area contributed by atoms with Crippen LogP contribution in [0.15, 0.2) is 23.1 Å². The van der Waals surface area contributed by atoms with E-state index in [1.807, 2.05) is 19.9 Å². The number of sulfone groups is 1. The normalized spacial score (nSPS) is 14.0. The highest BCUT2D eigenvalue weighted by Crippen LogP contribution is 2.26. The van der Waals surface area contributed by atoms with Gasteiger partial charge in [0.25, 0.3) is 0 Å². The Kier molecular flexibility index (Phi) is 3.37. The molecule has 0 radical (unpaired) electrons. The molecule has 0 aliphatic heterocycles. The van der Waals surface area contributed by atoms with Crippen molar-refractivity contribution in [3.05, 3.63) is 29.3 Å². The summed E-state index contributed by atoms with van der Waals surface area (Å²) in [6.07, 6.45) is 1.22. The predicted molar refractivity (Wildman–Crippen MR) is 61.6 cm³/mol. The zero-order chi connectivity index (χ0) is 10.9. The van der Waals surface area contributed by atoms with Gasteiger partial charge in [-0.2, -0.15) is 0 Å². The number of benzene rings is 1. The van der Waals surface area contributed by atoms with Gasteiger partial charge in [-0.25, -0.2) is 8.42 Å². The zero-order valence-corrected chi connectivity index (χ0v) is 10.8. The standard InChI is InChI=1S/C10H13BrO2S/c1-7-6-9(14(3,12)13)4-5-10(7)8(2)11/h4-6,8H,1-3H3. The second kappa shape index (κ2) is 4.03. The van der Waals surface area contributed by atoms with Gasteiger partial charge in [0, 0.05) is 11.1 Å². The minimum absolute atomic E-state index is 0.246. The van der Waals surface area contributed by atoms with E-state index in [2.05, 4.69) is 15.9 Å². The third-order valence-electron chi connectivity index (χ3n) is 2.10. The van der Waals surface area contributed by atoms with Crippen molar-refractivity contribution in [2.75, 3.05) is 6.26 Å². The van der Waals surface area contributed by atoms with Gasteiger partial charge in [0.15, 0.2) is 9.84 Å². The lowest BCUT2D eigenvalue weighted by Gasteiger charge is -2.09. The molecule has 1 aromatic rings. The smallest absolute Gasteiger partial charge is 0.175 e. The van der Waals surface area contributed by atoms with Crippen LogP contribution in [0.2, 0.25) is 0 Å². The first-order valence-corrected chi connectivity index (χ1v) is 7.08. The van der Waals surface area contributed by atoms with Crippen molar-refractivity contribution in [1.82, 2.24) is 0 Å². The fourth-order valence-electron chi connectivity index (χ4n) is 1.33. The average Bonchev–Trinajstić information content (AvgIpc) is 2.01. The highest BCUT2D eigenvalue weighted by molar-refractivity contribution is 9.09. The van der Waals surface area contributed by atoms with Gasteiger partial charge in [-0.15, -0.1) is 0 Å². The van der Waals surface area contributed by atoms with Gasteiger partial charge in [-0.05, 0) is 37.1 Å². The van der Waals surface area contributed by atoms with Crippen LogP contribution in [0.3, 0.4) is 0 Å². The molecule has 0 aromatic heterocycles. The van der Waals surface area contributed by atoms with Gasteiger partial charge in [-0.3, -0.25) is 0 Å². The summed E-state index contributed by atoms with van der Waals surface area (Å²) in [6.45, 7) is 3.93. The first-order chi connectivity index (χ1) is 6.32. The van der Waals surface area contributed by atoms with Crippen LogP contribution in [0.25, 0.3) is 0 Å². The lowest BCUT2D eigenvalue weighted by atomic mass is 10.1. The molecule has 0 spiro atoms. The fourth-order valence-corrected chi connectivity index (χ4v) is 2.54. The molecule has 0 fully saturated rings. The third kappa shape index (κ3) is 2.58. The third-order valence-corrected chi connectivity index (χ3v) is 3.70. The number of hydrogen-bond donors (Lipinski definition) is 0. The van der Waals surface area contributed by atoms with E-state index in [0.29, 0.717) is 4.90 Å². The van der Waals surface area contributed by atoms with E-state index < -0.39 is 9.84 Å². The predicted octanol–water partition coefficient (Wildman–Crippen LogP) is 2.85. The maximum absolute atomic E-state index is 11.3. The molecule has 2 nitrogen and oxygen atoms in total. The van der Waals surface area contributed by atoms with Crippen LogP contribution >= 0.6 is 15.9 Å². The van der Waals surface area contributed by atoms with Crippen LogP contribution in [0.5, 0.6) is 0 Å². The molecule has 1 unspecified atom stereocenters. The maximum Gasteiger partial charge on any atom is 0.175 e. The Morgan fingerprint density at radius 1 is 1.36 bits per heavy atom. The summed E-state index contributed by atoms with van der Waals surface area (Å²) in [5.74, 6) is 0. The Labute approximate surface area is 93.4 Å². The summed E-state index contributed by atoms with van der Waals surface area (Å²) in [6, 6.07) is 5.21. The summed E-state index contributed by atoms with van der Waals surface area (Å²) < 4.78 is 22.5. The van der Waals surface area contributed by atoms with Crippen molar-refractivity contribution in [1.29, 1.82) is 0 Å². The van der Waals surface area contributed by atoms with E-state index in [9.17, 15) is 8.42 Å². The number of halogens is 1. The van der Waals surface area contributed by atoms with Crippen LogP contribution < -0.4 is 0 Å². The van der Waals surface area contributed by atoms with Gasteiger partial charge in [-0.1, -0.05) is 22.0 Å². The van der Waals surface area contributed by atoms with Gasteiger partial charge in [0.1, 0.15) is 0 Å². The highest BCUT2D eigenvalue weighted by atomic mass is 79.9. The maximum atomic E-state index is 11.3. The Balaban J connectivity index is 3.27. The Morgan fingerprint density at radius 3 is 2.29 bits per heavy atom. The molecular weight excluding hydrogens is 264 g/mol. The SMILES string of the molecule is Cc1cc(S(C)(=O)=O)ccc1C(C)Br. The molecule has 1 atom stereocenters. The van der Waals surface area contributed by atoms with E-state index >= 15 is 0 Å². The Hall–Kier alpha value is -0.350. The van der Waals surface area contributed by atoms with E-state index in [1.165, 1.54) is 6.26 Å².